The first-order valence-corrected chi connectivity index (χ1v) is 6.89. The van der Waals surface area contributed by atoms with Gasteiger partial charge in [-0.25, -0.2) is 4.39 Å². The lowest BCUT2D eigenvalue weighted by atomic mass is 10.0. The van der Waals surface area contributed by atoms with Crippen LogP contribution in [0.1, 0.15) is 26.7 Å². The van der Waals surface area contributed by atoms with Crippen molar-refractivity contribution in [2.24, 2.45) is 5.92 Å². The van der Waals surface area contributed by atoms with Gasteiger partial charge in [0.05, 0.1) is 0 Å². The van der Waals surface area contributed by atoms with E-state index in [9.17, 15) is 4.39 Å². The Bertz CT molecular complexity index is 361. The minimum Gasteiger partial charge on any atom is -0.370 e. The highest BCUT2D eigenvalue weighted by atomic mass is 19.1. The number of hydrogen-bond donors (Lipinski definition) is 1. The maximum Gasteiger partial charge on any atom is 0.123 e. The van der Waals surface area contributed by atoms with E-state index in [4.69, 9.17) is 0 Å². The average Bonchev–Trinajstić information content (AvgIpc) is 2.55. The lowest BCUT2D eigenvalue weighted by molar-refractivity contribution is 0.436. The fraction of sp³-hybridized carbons (Fsp3) is 0.600. The summed E-state index contributed by atoms with van der Waals surface area (Å²) in [6.45, 7) is 7.66. The van der Waals surface area contributed by atoms with Crippen LogP contribution in [0.3, 0.4) is 0 Å². The van der Waals surface area contributed by atoms with Crippen molar-refractivity contribution in [2.75, 3.05) is 24.5 Å². The summed E-state index contributed by atoms with van der Waals surface area (Å²) < 4.78 is 13.0. The molecule has 3 heteroatoms. The standard InChI is InChI=1S/C15H23FN2/c1-12(2)10-14-11-18(9-3-8-17-14)15-6-4-13(16)5-7-15/h4-7,12,14,17H,3,8-11H2,1-2H3. The summed E-state index contributed by atoms with van der Waals surface area (Å²) in [6.07, 6.45) is 2.34. The van der Waals surface area contributed by atoms with Crippen LogP contribution in [0.2, 0.25) is 0 Å². The van der Waals surface area contributed by atoms with Gasteiger partial charge >= 0.3 is 0 Å². The van der Waals surface area contributed by atoms with Crippen molar-refractivity contribution in [3.63, 3.8) is 0 Å². The third-order valence-electron chi connectivity index (χ3n) is 3.43. The Morgan fingerprint density at radius 1 is 1.33 bits per heavy atom. The lowest BCUT2D eigenvalue weighted by Crippen LogP contribution is -2.38. The van der Waals surface area contributed by atoms with Gasteiger partial charge in [-0.1, -0.05) is 13.8 Å². The van der Waals surface area contributed by atoms with Crippen molar-refractivity contribution in [2.45, 2.75) is 32.7 Å². The highest BCUT2D eigenvalue weighted by molar-refractivity contribution is 5.46. The summed E-state index contributed by atoms with van der Waals surface area (Å²) in [5.41, 5.74) is 1.13. The highest BCUT2D eigenvalue weighted by Crippen LogP contribution is 2.18. The van der Waals surface area contributed by atoms with Crippen molar-refractivity contribution in [1.29, 1.82) is 0 Å². The van der Waals surface area contributed by atoms with Gasteiger partial charge in [0.1, 0.15) is 5.82 Å². The zero-order valence-corrected chi connectivity index (χ0v) is 11.3. The first kappa shape index (κ1) is 13.3. The van der Waals surface area contributed by atoms with E-state index in [2.05, 4.69) is 24.1 Å². The van der Waals surface area contributed by atoms with Crippen molar-refractivity contribution in [3.05, 3.63) is 30.1 Å². The van der Waals surface area contributed by atoms with E-state index < -0.39 is 0 Å². The number of halogens is 1. The Labute approximate surface area is 109 Å². The molecule has 1 heterocycles. The number of benzene rings is 1. The van der Waals surface area contributed by atoms with E-state index in [0.717, 1.165) is 31.7 Å². The molecule has 2 rings (SSSR count). The van der Waals surface area contributed by atoms with Gasteiger partial charge in [-0.3, -0.25) is 0 Å². The van der Waals surface area contributed by atoms with Crippen LogP contribution in [0.15, 0.2) is 24.3 Å². The van der Waals surface area contributed by atoms with E-state index in [-0.39, 0.29) is 5.82 Å². The van der Waals surface area contributed by atoms with Gasteiger partial charge in [0.25, 0.3) is 0 Å². The number of nitrogens with zero attached hydrogens (tertiary/aromatic N) is 1. The van der Waals surface area contributed by atoms with Gasteiger partial charge < -0.3 is 10.2 Å². The number of nitrogens with one attached hydrogen (secondary N) is 1. The Morgan fingerprint density at radius 3 is 2.72 bits per heavy atom. The first-order valence-electron chi connectivity index (χ1n) is 6.89. The van der Waals surface area contributed by atoms with Crippen LogP contribution in [0.5, 0.6) is 0 Å². The van der Waals surface area contributed by atoms with Crippen molar-refractivity contribution in [3.8, 4) is 0 Å². The van der Waals surface area contributed by atoms with Crippen LogP contribution >= 0.6 is 0 Å². The van der Waals surface area contributed by atoms with Crippen LogP contribution in [-0.2, 0) is 0 Å². The zero-order valence-electron chi connectivity index (χ0n) is 11.3. The maximum atomic E-state index is 13.0. The molecule has 1 saturated heterocycles. The monoisotopic (exact) mass is 250 g/mol. The molecule has 1 aromatic rings. The Morgan fingerprint density at radius 2 is 2.06 bits per heavy atom. The van der Waals surface area contributed by atoms with Crippen molar-refractivity contribution < 1.29 is 4.39 Å². The summed E-state index contributed by atoms with van der Waals surface area (Å²) in [7, 11) is 0. The highest BCUT2D eigenvalue weighted by Gasteiger charge is 2.18. The molecule has 1 fully saturated rings. The molecule has 1 unspecified atom stereocenters. The third kappa shape index (κ3) is 3.70. The minimum atomic E-state index is -0.162. The summed E-state index contributed by atoms with van der Waals surface area (Å²) in [6, 6.07) is 7.40. The number of rotatable bonds is 3. The molecule has 1 N–H and O–H groups in total. The molecule has 1 aliphatic heterocycles. The van der Waals surface area contributed by atoms with E-state index in [1.807, 2.05) is 12.1 Å². The Balaban J connectivity index is 2.04. The van der Waals surface area contributed by atoms with E-state index in [1.165, 1.54) is 6.42 Å². The molecule has 0 aromatic heterocycles. The number of anilines is 1. The minimum absolute atomic E-state index is 0.162. The normalized spacial score (nSPS) is 21.1. The predicted octanol–water partition coefficient (Wildman–Crippen LogP) is 3.04. The largest absolute Gasteiger partial charge is 0.370 e. The van der Waals surface area contributed by atoms with E-state index in [1.54, 1.807) is 12.1 Å². The Kier molecular flexibility index (Phi) is 4.59. The molecule has 0 radical (unpaired) electrons. The molecular formula is C15H23FN2. The molecule has 0 amide bonds. The van der Waals surface area contributed by atoms with E-state index in [0.29, 0.717) is 12.0 Å². The molecular weight excluding hydrogens is 227 g/mol. The zero-order chi connectivity index (χ0) is 13.0. The van der Waals surface area contributed by atoms with Gasteiger partial charge in [-0.2, -0.15) is 0 Å². The van der Waals surface area contributed by atoms with Crippen LogP contribution in [0.4, 0.5) is 10.1 Å². The fourth-order valence-corrected chi connectivity index (χ4v) is 2.61. The van der Waals surface area contributed by atoms with Crippen molar-refractivity contribution >= 4 is 5.69 Å². The van der Waals surface area contributed by atoms with Crippen LogP contribution < -0.4 is 10.2 Å². The second kappa shape index (κ2) is 6.19. The predicted molar refractivity (Wildman–Crippen MR) is 74.5 cm³/mol. The smallest absolute Gasteiger partial charge is 0.123 e. The third-order valence-corrected chi connectivity index (χ3v) is 3.43. The van der Waals surface area contributed by atoms with E-state index >= 15 is 0 Å². The van der Waals surface area contributed by atoms with Crippen LogP contribution in [-0.4, -0.2) is 25.7 Å². The van der Waals surface area contributed by atoms with Gasteiger partial charge in [0.15, 0.2) is 0 Å². The summed E-state index contributed by atoms with van der Waals surface area (Å²) in [5, 5.41) is 3.61. The molecule has 100 valence electrons. The quantitative estimate of drug-likeness (QED) is 0.887. The van der Waals surface area contributed by atoms with Gasteiger partial charge in [0, 0.05) is 24.8 Å². The van der Waals surface area contributed by atoms with Crippen molar-refractivity contribution in [1.82, 2.24) is 5.32 Å². The second-order valence-electron chi connectivity index (χ2n) is 5.56. The molecule has 0 bridgehead atoms. The maximum absolute atomic E-state index is 13.0. The molecule has 1 atom stereocenters. The molecule has 1 aromatic carbocycles. The first-order chi connectivity index (χ1) is 8.65. The molecule has 0 saturated carbocycles. The molecule has 18 heavy (non-hydrogen) atoms. The molecule has 0 spiro atoms. The van der Waals surface area contributed by atoms with Crippen LogP contribution in [0, 0.1) is 11.7 Å². The van der Waals surface area contributed by atoms with Gasteiger partial charge in [0.2, 0.25) is 0 Å². The molecule has 1 aliphatic rings. The van der Waals surface area contributed by atoms with Gasteiger partial charge in [-0.05, 0) is 49.6 Å². The fourth-order valence-electron chi connectivity index (χ4n) is 2.61. The topological polar surface area (TPSA) is 15.3 Å². The van der Waals surface area contributed by atoms with Gasteiger partial charge in [-0.15, -0.1) is 0 Å². The Hall–Kier alpha value is -1.09. The second-order valence-corrected chi connectivity index (χ2v) is 5.56. The molecule has 0 aliphatic carbocycles. The lowest BCUT2D eigenvalue weighted by Gasteiger charge is -2.27. The SMILES string of the molecule is CC(C)CC1CN(c2ccc(F)cc2)CCCN1. The average molecular weight is 250 g/mol. The molecule has 2 nitrogen and oxygen atoms in total. The van der Waals surface area contributed by atoms with Crippen LogP contribution in [0.25, 0.3) is 0 Å². The summed E-state index contributed by atoms with van der Waals surface area (Å²) in [4.78, 5) is 2.37. The summed E-state index contributed by atoms with van der Waals surface area (Å²) in [5.74, 6) is 0.543. The number of hydrogen-bond acceptors (Lipinski definition) is 2. The summed E-state index contributed by atoms with van der Waals surface area (Å²) >= 11 is 0.